The summed E-state index contributed by atoms with van der Waals surface area (Å²) in [5.74, 6) is 0. The van der Waals surface area contributed by atoms with E-state index in [1.165, 1.54) is 0 Å². The van der Waals surface area contributed by atoms with Gasteiger partial charge in [-0.15, -0.1) is 0 Å². The van der Waals surface area contributed by atoms with Crippen LogP contribution in [0.3, 0.4) is 0 Å². The molecule has 0 aliphatic carbocycles. The molecule has 0 aliphatic rings. The standard InChI is InChI=1S/C9H20O2/c1-4-9(11,5-2)7-6-8(3)10/h8,10-11H,4-7H2,1-3H3. The SMILES string of the molecule is CCC(O)(CC)CCC(C)O. The maximum atomic E-state index is 9.77. The molecular formula is C9H20O2. The Balaban J connectivity index is 3.69. The van der Waals surface area contributed by atoms with E-state index in [4.69, 9.17) is 5.11 Å². The molecule has 0 aromatic rings. The van der Waals surface area contributed by atoms with Gasteiger partial charge in [0.15, 0.2) is 0 Å². The van der Waals surface area contributed by atoms with Gasteiger partial charge in [-0.3, -0.25) is 0 Å². The molecule has 11 heavy (non-hydrogen) atoms. The van der Waals surface area contributed by atoms with Crippen molar-refractivity contribution < 1.29 is 10.2 Å². The highest BCUT2D eigenvalue weighted by Gasteiger charge is 2.21. The van der Waals surface area contributed by atoms with Crippen molar-refractivity contribution in [1.82, 2.24) is 0 Å². The predicted molar refractivity (Wildman–Crippen MR) is 46.4 cm³/mol. The molecule has 0 aromatic heterocycles. The van der Waals surface area contributed by atoms with Crippen LogP contribution in [-0.2, 0) is 0 Å². The second-order valence-electron chi connectivity index (χ2n) is 3.32. The molecule has 2 heteroatoms. The zero-order valence-electron chi connectivity index (χ0n) is 7.80. The molecule has 0 radical (unpaired) electrons. The lowest BCUT2D eigenvalue weighted by atomic mass is 9.91. The van der Waals surface area contributed by atoms with Crippen molar-refractivity contribution in [1.29, 1.82) is 0 Å². The fourth-order valence-electron chi connectivity index (χ4n) is 1.08. The normalized spacial score (nSPS) is 15.0. The Bertz CT molecular complexity index is 95.7. The molecule has 68 valence electrons. The predicted octanol–water partition coefficient (Wildman–Crippen LogP) is 1.70. The zero-order chi connectivity index (χ0) is 8.91. The summed E-state index contributed by atoms with van der Waals surface area (Å²) >= 11 is 0. The van der Waals surface area contributed by atoms with E-state index in [1.807, 2.05) is 13.8 Å². The Morgan fingerprint density at radius 2 is 1.73 bits per heavy atom. The quantitative estimate of drug-likeness (QED) is 0.642. The third-order valence-electron chi connectivity index (χ3n) is 2.34. The van der Waals surface area contributed by atoms with Crippen molar-refractivity contribution in [2.45, 2.75) is 58.2 Å². The Labute approximate surface area is 69.2 Å². The fraction of sp³-hybridized carbons (Fsp3) is 1.00. The van der Waals surface area contributed by atoms with Gasteiger partial charge in [-0.05, 0) is 32.6 Å². The molecule has 0 rings (SSSR count). The van der Waals surface area contributed by atoms with Crippen molar-refractivity contribution >= 4 is 0 Å². The Morgan fingerprint density at radius 3 is 2.00 bits per heavy atom. The lowest BCUT2D eigenvalue weighted by Crippen LogP contribution is -2.27. The van der Waals surface area contributed by atoms with Crippen LogP contribution in [0.2, 0.25) is 0 Å². The molecule has 0 saturated heterocycles. The van der Waals surface area contributed by atoms with Gasteiger partial charge in [-0.25, -0.2) is 0 Å². The van der Waals surface area contributed by atoms with Crippen LogP contribution in [0.1, 0.15) is 46.5 Å². The molecule has 0 aromatic carbocycles. The van der Waals surface area contributed by atoms with E-state index in [0.717, 1.165) is 12.8 Å². The Kier molecular flexibility index (Phi) is 4.69. The number of hydrogen-bond donors (Lipinski definition) is 2. The number of aliphatic hydroxyl groups is 2. The average molecular weight is 160 g/mol. The Hall–Kier alpha value is -0.0800. The fourth-order valence-corrected chi connectivity index (χ4v) is 1.08. The molecule has 0 aliphatic heterocycles. The first-order valence-electron chi connectivity index (χ1n) is 4.44. The summed E-state index contributed by atoms with van der Waals surface area (Å²) in [6.07, 6.45) is 2.65. The number of hydrogen-bond acceptors (Lipinski definition) is 2. The van der Waals surface area contributed by atoms with E-state index in [9.17, 15) is 5.11 Å². The highest BCUT2D eigenvalue weighted by atomic mass is 16.3. The van der Waals surface area contributed by atoms with Gasteiger partial charge in [0.25, 0.3) is 0 Å². The highest BCUT2D eigenvalue weighted by Crippen LogP contribution is 2.21. The molecule has 1 atom stereocenters. The minimum absolute atomic E-state index is 0.292. The van der Waals surface area contributed by atoms with E-state index in [-0.39, 0.29) is 6.10 Å². The monoisotopic (exact) mass is 160 g/mol. The molecule has 0 heterocycles. The summed E-state index contributed by atoms with van der Waals surface area (Å²) in [4.78, 5) is 0. The minimum atomic E-state index is -0.545. The van der Waals surface area contributed by atoms with E-state index in [0.29, 0.717) is 12.8 Å². The lowest BCUT2D eigenvalue weighted by molar-refractivity contribution is 0.0105. The third-order valence-corrected chi connectivity index (χ3v) is 2.34. The van der Waals surface area contributed by atoms with Gasteiger partial charge in [0.1, 0.15) is 0 Å². The molecule has 0 fully saturated rings. The van der Waals surface area contributed by atoms with Crippen LogP contribution >= 0.6 is 0 Å². The molecule has 0 bridgehead atoms. The van der Waals surface area contributed by atoms with E-state index >= 15 is 0 Å². The molecule has 0 spiro atoms. The van der Waals surface area contributed by atoms with Gasteiger partial charge in [-0.2, -0.15) is 0 Å². The second-order valence-corrected chi connectivity index (χ2v) is 3.32. The van der Waals surface area contributed by atoms with Gasteiger partial charge in [0.2, 0.25) is 0 Å². The largest absolute Gasteiger partial charge is 0.393 e. The third kappa shape index (κ3) is 4.38. The van der Waals surface area contributed by atoms with Crippen LogP contribution in [0.15, 0.2) is 0 Å². The summed E-state index contributed by atoms with van der Waals surface area (Å²) in [5, 5.41) is 18.8. The van der Waals surface area contributed by atoms with E-state index in [1.54, 1.807) is 6.92 Å². The van der Waals surface area contributed by atoms with Crippen molar-refractivity contribution in [2.24, 2.45) is 0 Å². The zero-order valence-corrected chi connectivity index (χ0v) is 7.80. The van der Waals surface area contributed by atoms with Crippen LogP contribution in [0.4, 0.5) is 0 Å². The lowest BCUT2D eigenvalue weighted by Gasteiger charge is -2.25. The van der Waals surface area contributed by atoms with Crippen molar-refractivity contribution in [3.8, 4) is 0 Å². The van der Waals surface area contributed by atoms with Gasteiger partial charge in [0.05, 0.1) is 11.7 Å². The first-order chi connectivity index (χ1) is 5.04. The van der Waals surface area contributed by atoms with Crippen molar-refractivity contribution in [3.05, 3.63) is 0 Å². The Morgan fingerprint density at radius 1 is 1.27 bits per heavy atom. The van der Waals surface area contributed by atoms with Gasteiger partial charge < -0.3 is 10.2 Å². The highest BCUT2D eigenvalue weighted by molar-refractivity contribution is 4.75. The van der Waals surface area contributed by atoms with Gasteiger partial charge in [0, 0.05) is 0 Å². The maximum absolute atomic E-state index is 9.77. The first kappa shape index (κ1) is 10.9. The van der Waals surface area contributed by atoms with Gasteiger partial charge >= 0.3 is 0 Å². The molecule has 0 amide bonds. The van der Waals surface area contributed by atoms with E-state index in [2.05, 4.69) is 0 Å². The summed E-state index contributed by atoms with van der Waals surface area (Å²) in [5.41, 5.74) is -0.545. The smallest absolute Gasteiger partial charge is 0.0643 e. The molecule has 0 saturated carbocycles. The van der Waals surface area contributed by atoms with Crippen LogP contribution in [0, 0.1) is 0 Å². The van der Waals surface area contributed by atoms with Crippen molar-refractivity contribution in [3.63, 3.8) is 0 Å². The number of aliphatic hydroxyl groups excluding tert-OH is 1. The maximum Gasteiger partial charge on any atom is 0.0643 e. The molecule has 2 N–H and O–H groups in total. The van der Waals surface area contributed by atoms with Crippen LogP contribution in [0.25, 0.3) is 0 Å². The number of rotatable bonds is 5. The van der Waals surface area contributed by atoms with Crippen molar-refractivity contribution in [2.75, 3.05) is 0 Å². The van der Waals surface area contributed by atoms with E-state index < -0.39 is 5.60 Å². The average Bonchev–Trinajstić information content (AvgIpc) is 2.00. The molecule has 2 nitrogen and oxygen atoms in total. The first-order valence-corrected chi connectivity index (χ1v) is 4.44. The summed E-state index contributed by atoms with van der Waals surface area (Å²) in [6.45, 7) is 5.71. The second kappa shape index (κ2) is 4.73. The minimum Gasteiger partial charge on any atom is -0.393 e. The summed E-state index contributed by atoms with van der Waals surface area (Å²) in [7, 11) is 0. The molecule has 1 unspecified atom stereocenters. The van der Waals surface area contributed by atoms with Crippen LogP contribution < -0.4 is 0 Å². The summed E-state index contributed by atoms with van der Waals surface area (Å²) < 4.78 is 0. The van der Waals surface area contributed by atoms with Gasteiger partial charge in [-0.1, -0.05) is 13.8 Å². The van der Waals surface area contributed by atoms with Crippen LogP contribution in [0.5, 0.6) is 0 Å². The molecular weight excluding hydrogens is 140 g/mol. The van der Waals surface area contributed by atoms with Crippen LogP contribution in [-0.4, -0.2) is 21.9 Å². The summed E-state index contributed by atoms with van der Waals surface area (Å²) in [6, 6.07) is 0. The topological polar surface area (TPSA) is 40.5 Å².